The average Bonchev–Trinajstić information content (AvgIpc) is 2.44. The van der Waals surface area contributed by atoms with Gasteiger partial charge in [-0.05, 0) is 26.3 Å². The second-order valence-corrected chi connectivity index (χ2v) is 5.47. The van der Waals surface area contributed by atoms with Crippen LogP contribution in [0.15, 0.2) is 16.9 Å². The molecule has 0 spiro atoms. The maximum Gasteiger partial charge on any atom is 0.274 e. The molecule has 1 N–H and O–H groups in total. The summed E-state index contributed by atoms with van der Waals surface area (Å²) in [6.45, 7) is 5.90. The van der Waals surface area contributed by atoms with Crippen molar-refractivity contribution in [1.82, 2.24) is 14.7 Å². The molecule has 0 bridgehead atoms. The van der Waals surface area contributed by atoms with E-state index in [0.29, 0.717) is 6.54 Å². The van der Waals surface area contributed by atoms with Crippen LogP contribution < -0.4 is 5.56 Å². The Bertz CT molecular complexity index is 523. The lowest BCUT2D eigenvalue weighted by atomic mass is 10.0. The predicted molar refractivity (Wildman–Crippen MR) is 76.7 cm³/mol. The van der Waals surface area contributed by atoms with Gasteiger partial charge in [0.1, 0.15) is 5.69 Å². The van der Waals surface area contributed by atoms with Gasteiger partial charge < -0.3 is 10.0 Å². The normalized spacial score (nSPS) is 11.4. The van der Waals surface area contributed by atoms with Gasteiger partial charge in [0.05, 0.1) is 12.1 Å². The van der Waals surface area contributed by atoms with Gasteiger partial charge in [-0.1, -0.05) is 13.3 Å². The van der Waals surface area contributed by atoms with Crippen LogP contribution in [-0.4, -0.2) is 44.9 Å². The van der Waals surface area contributed by atoms with E-state index in [9.17, 15) is 14.7 Å². The van der Waals surface area contributed by atoms with Gasteiger partial charge in [0.15, 0.2) is 0 Å². The second kappa shape index (κ2) is 6.65. The van der Waals surface area contributed by atoms with Crippen molar-refractivity contribution in [2.24, 2.45) is 0 Å². The average molecular weight is 281 g/mol. The minimum atomic E-state index is -0.677. The molecule has 0 saturated heterocycles. The lowest BCUT2D eigenvalue weighted by Gasteiger charge is -2.33. The molecule has 6 heteroatoms. The highest BCUT2D eigenvalue weighted by atomic mass is 16.3. The van der Waals surface area contributed by atoms with Crippen LogP contribution in [0.25, 0.3) is 0 Å². The van der Waals surface area contributed by atoms with Gasteiger partial charge in [0.2, 0.25) is 0 Å². The first-order valence-corrected chi connectivity index (χ1v) is 6.80. The van der Waals surface area contributed by atoms with Gasteiger partial charge >= 0.3 is 0 Å². The number of unbranched alkanes of at least 4 members (excludes halogenated alkanes) is 1. The molecule has 0 unspecified atom stereocenters. The molecule has 1 rings (SSSR count). The van der Waals surface area contributed by atoms with Gasteiger partial charge in [-0.25, -0.2) is 4.68 Å². The van der Waals surface area contributed by atoms with Crippen molar-refractivity contribution in [3.63, 3.8) is 0 Å². The van der Waals surface area contributed by atoms with Crippen molar-refractivity contribution in [2.75, 3.05) is 13.7 Å². The smallest absolute Gasteiger partial charge is 0.274 e. The second-order valence-electron chi connectivity index (χ2n) is 5.47. The highest BCUT2D eigenvalue weighted by molar-refractivity contribution is 5.92. The van der Waals surface area contributed by atoms with Gasteiger partial charge in [-0.15, -0.1) is 0 Å². The van der Waals surface area contributed by atoms with Crippen LogP contribution in [0.1, 0.15) is 44.1 Å². The molecule has 1 aromatic rings. The Morgan fingerprint density at radius 1 is 1.45 bits per heavy atom. The molecule has 1 heterocycles. The summed E-state index contributed by atoms with van der Waals surface area (Å²) >= 11 is 0. The molecule has 0 fully saturated rings. The van der Waals surface area contributed by atoms with Crippen LogP contribution in [0.4, 0.5) is 0 Å². The number of rotatable bonds is 6. The molecular formula is C14H23N3O3. The molecule has 0 radical (unpaired) electrons. The van der Waals surface area contributed by atoms with Crippen LogP contribution in [0.2, 0.25) is 0 Å². The molecule has 112 valence electrons. The number of nitrogens with zero attached hydrogens (tertiary/aromatic N) is 3. The van der Waals surface area contributed by atoms with E-state index in [4.69, 9.17) is 0 Å². The molecule has 1 aromatic heterocycles. The van der Waals surface area contributed by atoms with Gasteiger partial charge in [-0.3, -0.25) is 9.59 Å². The van der Waals surface area contributed by atoms with E-state index in [1.54, 1.807) is 20.9 Å². The van der Waals surface area contributed by atoms with Gasteiger partial charge in [0.25, 0.3) is 11.5 Å². The maximum atomic E-state index is 12.3. The number of likely N-dealkylation sites (N-methyl/N-ethyl adjacent to an activating group) is 1. The van der Waals surface area contributed by atoms with Crippen molar-refractivity contribution in [3.05, 3.63) is 28.2 Å². The number of carbonyl (C=O) groups is 1. The predicted octanol–water partition coefficient (Wildman–Crippen LogP) is 0.886. The lowest BCUT2D eigenvalue weighted by Crippen LogP contribution is -2.48. The fourth-order valence-electron chi connectivity index (χ4n) is 1.58. The Labute approximate surface area is 119 Å². The molecule has 0 aliphatic rings. The van der Waals surface area contributed by atoms with Crippen LogP contribution in [0.5, 0.6) is 0 Å². The van der Waals surface area contributed by atoms with Crippen LogP contribution in [0, 0.1) is 0 Å². The quantitative estimate of drug-likeness (QED) is 0.840. The van der Waals surface area contributed by atoms with Gasteiger partial charge in [0, 0.05) is 19.7 Å². The van der Waals surface area contributed by atoms with E-state index in [-0.39, 0.29) is 23.8 Å². The van der Waals surface area contributed by atoms with Crippen LogP contribution in [-0.2, 0) is 6.54 Å². The Morgan fingerprint density at radius 2 is 2.10 bits per heavy atom. The summed E-state index contributed by atoms with van der Waals surface area (Å²) in [6.07, 6.45) is 1.78. The molecule has 20 heavy (non-hydrogen) atoms. The third-order valence-corrected chi connectivity index (χ3v) is 3.41. The molecule has 6 nitrogen and oxygen atoms in total. The third-order valence-electron chi connectivity index (χ3n) is 3.41. The van der Waals surface area contributed by atoms with Crippen molar-refractivity contribution in [3.8, 4) is 0 Å². The summed E-state index contributed by atoms with van der Waals surface area (Å²) in [6, 6.07) is 2.78. The summed E-state index contributed by atoms with van der Waals surface area (Å²) in [5, 5.41) is 13.4. The third kappa shape index (κ3) is 3.66. The zero-order valence-corrected chi connectivity index (χ0v) is 12.6. The zero-order valence-electron chi connectivity index (χ0n) is 12.6. The molecule has 1 amide bonds. The fourth-order valence-corrected chi connectivity index (χ4v) is 1.58. The highest BCUT2D eigenvalue weighted by Crippen LogP contribution is 2.13. The standard InChI is InChI=1S/C14H23N3O3/c1-5-6-9-17-12(19)8-7-11(15-17)13(20)16(4)14(2,3)10-18/h7-8,18H,5-6,9-10H2,1-4H3. The van der Waals surface area contributed by atoms with Crippen molar-refractivity contribution in [2.45, 2.75) is 45.7 Å². The molecule has 0 saturated carbocycles. The topological polar surface area (TPSA) is 75.4 Å². The number of amides is 1. The van der Waals surface area contributed by atoms with Crippen LogP contribution in [0.3, 0.4) is 0 Å². The first-order valence-electron chi connectivity index (χ1n) is 6.80. The number of hydrogen-bond donors (Lipinski definition) is 1. The minimum absolute atomic E-state index is 0.148. The highest BCUT2D eigenvalue weighted by Gasteiger charge is 2.28. The van der Waals surface area contributed by atoms with E-state index >= 15 is 0 Å². The van der Waals surface area contributed by atoms with Crippen molar-refractivity contribution in [1.29, 1.82) is 0 Å². The summed E-state index contributed by atoms with van der Waals surface area (Å²) in [4.78, 5) is 25.4. The Kier molecular flexibility index (Phi) is 5.44. The maximum absolute atomic E-state index is 12.3. The Morgan fingerprint density at radius 3 is 2.65 bits per heavy atom. The first kappa shape index (κ1) is 16.4. The minimum Gasteiger partial charge on any atom is -0.394 e. The number of aryl methyl sites for hydroxylation is 1. The van der Waals surface area contributed by atoms with E-state index in [1.165, 1.54) is 21.7 Å². The lowest BCUT2D eigenvalue weighted by molar-refractivity contribution is 0.0465. The summed E-state index contributed by atoms with van der Waals surface area (Å²) in [7, 11) is 1.61. The zero-order chi connectivity index (χ0) is 15.3. The summed E-state index contributed by atoms with van der Waals surface area (Å²) < 4.78 is 1.32. The van der Waals surface area contributed by atoms with E-state index < -0.39 is 5.54 Å². The SMILES string of the molecule is CCCCn1nc(C(=O)N(C)C(C)(C)CO)ccc1=O. The fraction of sp³-hybridized carbons (Fsp3) is 0.643. The van der Waals surface area contributed by atoms with Crippen LogP contribution >= 0.6 is 0 Å². The molecular weight excluding hydrogens is 258 g/mol. The summed E-state index contributed by atoms with van der Waals surface area (Å²) in [5.41, 5.74) is -0.674. The monoisotopic (exact) mass is 281 g/mol. The number of aliphatic hydroxyl groups is 1. The Balaban J connectivity index is 3.02. The number of aromatic nitrogens is 2. The van der Waals surface area contributed by atoms with Crippen molar-refractivity contribution < 1.29 is 9.90 Å². The molecule has 0 aromatic carbocycles. The van der Waals surface area contributed by atoms with E-state index in [1.807, 2.05) is 6.92 Å². The molecule has 0 atom stereocenters. The number of aliphatic hydroxyl groups excluding tert-OH is 1. The van der Waals surface area contributed by atoms with Crippen molar-refractivity contribution >= 4 is 5.91 Å². The first-order chi connectivity index (χ1) is 9.33. The number of carbonyl (C=O) groups excluding carboxylic acids is 1. The largest absolute Gasteiger partial charge is 0.394 e. The molecule has 0 aliphatic heterocycles. The van der Waals surface area contributed by atoms with E-state index in [2.05, 4.69) is 5.10 Å². The molecule has 0 aliphatic carbocycles. The Hall–Kier alpha value is -1.69. The van der Waals surface area contributed by atoms with E-state index in [0.717, 1.165) is 12.8 Å². The van der Waals surface area contributed by atoms with Gasteiger partial charge in [-0.2, -0.15) is 5.10 Å². The number of hydrogen-bond acceptors (Lipinski definition) is 4. The summed E-state index contributed by atoms with van der Waals surface area (Å²) in [5.74, 6) is -0.311.